The van der Waals surface area contributed by atoms with Gasteiger partial charge in [0.15, 0.2) is 0 Å². The molecular weight excluding hydrogens is 356 g/mol. The van der Waals surface area contributed by atoms with Crippen LogP contribution in [0.1, 0.15) is 25.7 Å². The SMILES string of the molecule is CCc1nc(-c2ccc(N3CCN(C(=O)C4CCCN(C)C4)CC3)nc2)no1. The molecule has 0 radical (unpaired) electrons. The molecule has 2 aliphatic rings. The van der Waals surface area contributed by atoms with Gasteiger partial charge in [-0.2, -0.15) is 4.98 Å². The van der Waals surface area contributed by atoms with E-state index in [0.29, 0.717) is 17.6 Å². The topological polar surface area (TPSA) is 78.6 Å². The van der Waals surface area contributed by atoms with Crippen LogP contribution in [0.2, 0.25) is 0 Å². The summed E-state index contributed by atoms with van der Waals surface area (Å²) in [5.41, 5.74) is 0.849. The average Bonchev–Trinajstić information content (AvgIpc) is 3.23. The molecule has 0 N–H and O–H groups in total. The Labute approximate surface area is 165 Å². The van der Waals surface area contributed by atoms with Crippen molar-refractivity contribution >= 4 is 11.7 Å². The number of rotatable bonds is 4. The Hall–Kier alpha value is -2.48. The van der Waals surface area contributed by atoms with Crippen molar-refractivity contribution in [1.29, 1.82) is 0 Å². The molecule has 8 heteroatoms. The highest BCUT2D eigenvalue weighted by atomic mass is 16.5. The number of hydrogen-bond acceptors (Lipinski definition) is 7. The molecule has 2 saturated heterocycles. The van der Waals surface area contributed by atoms with Crippen LogP contribution in [0.4, 0.5) is 5.82 Å². The number of amides is 1. The van der Waals surface area contributed by atoms with Crippen LogP contribution in [0.25, 0.3) is 11.4 Å². The Kier molecular flexibility index (Phi) is 5.57. The lowest BCUT2D eigenvalue weighted by atomic mass is 9.96. The number of piperidine rings is 1. The first kappa shape index (κ1) is 18.9. The molecule has 2 aromatic rings. The monoisotopic (exact) mass is 384 g/mol. The number of aromatic nitrogens is 3. The van der Waals surface area contributed by atoms with E-state index in [1.54, 1.807) is 6.20 Å². The van der Waals surface area contributed by atoms with Crippen LogP contribution >= 0.6 is 0 Å². The first-order valence-corrected chi connectivity index (χ1v) is 10.2. The molecule has 1 unspecified atom stereocenters. The van der Waals surface area contributed by atoms with E-state index in [1.807, 2.05) is 24.0 Å². The van der Waals surface area contributed by atoms with Crippen molar-refractivity contribution in [1.82, 2.24) is 24.9 Å². The van der Waals surface area contributed by atoms with Crippen LogP contribution < -0.4 is 4.90 Å². The highest BCUT2D eigenvalue weighted by Gasteiger charge is 2.30. The zero-order chi connectivity index (χ0) is 19.5. The highest BCUT2D eigenvalue weighted by Crippen LogP contribution is 2.22. The molecule has 1 atom stereocenters. The van der Waals surface area contributed by atoms with Crippen LogP contribution in [0.15, 0.2) is 22.9 Å². The van der Waals surface area contributed by atoms with Crippen molar-refractivity contribution in [2.24, 2.45) is 5.92 Å². The Morgan fingerprint density at radius 2 is 2.04 bits per heavy atom. The van der Waals surface area contributed by atoms with Crippen molar-refractivity contribution in [3.05, 3.63) is 24.2 Å². The van der Waals surface area contributed by atoms with Crippen LogP contribution in [0.5, 0.6) is 0 Å². The fourth-order valence-corrected chi connectivity index (χ4v) is 4.00. The van der Waals surface area contributed by atoms with Gasteiger partial charge < -0.3 is 19.2 Å². The Balaban J connectivity index is 1.34. The second-order valence-electron chi connectivity index (χ2n) is 7.68. The summed E-state index contributed by atoms with van der Waals surface area (Å²) < 4.78 is 5.17. The summed E-state index contributed by atoms with van der Waals surface area (Å²) in [4.78, 5) is 28.3. The number of hydrogen-bond donors (Lipinski definition) is 0. The molecule has 0 saturated carbocycles. The molecule has 4 heterocycles. The lowest BCUT2D eigenvalue weighted by molar-refractivity contribution is -0.137. The third kappa shape index (κ3) is 4.01. The number of nitrogens with zero attached hydrogens (tertiary/aromatic N) is 6. The van der Waals surface area contributed by atoms with Gasteiger partial charge in [0.05, 0.1) is 5.92 Å². The van der Waals surface area contributed by atoms with E-state index in [4.69, 9.17) is 4.52 Å². The van der Waals surface area contributed by atoms with Gasteiger partial charge in [0, 0.05) is 50.9 Å². The second kappa shape index (κ2) is 8.26. The van der Waals surface area contributed by atoms with Crippen LogP contribution in [0.3, 0.4) is 0 Å². The molecule has 2 aliphatic heterocycles. The number of anilines is 1. The molecule has 28 heavy (non-hydrogen) atoms. The molecular formula is C20H28N6O2. The van der Waals surface area contributed by atoms with Crippen LogP contribution in [0, 0.1) is 5.92 Å². The molecule has 150 valence electrons. The summed E-state index contributed by atoms with van der Waals surface area (Å²) in [6, 6.07) is 3.97. The maximum Gasteiger partial charge on any atom is 0.227 e. The normalized spacial score (nSPS) is 21.1. The number of carbonyl (C=O) groups is 1. The van der Waals surface area contributed by atoms with E-state index in [0.717, 1.165) is 69.9 Å². The first-order valence-electron chi connectivity index (χ1n) is 10.2. The lowest BCUT2D eigenvalue weighted by Crippen LogP contribution is -2.52. The van der Waals surface area contributed by atoms with E-state index in [-0.39, 0.29) is 5.92 Å². The Morgan fingerprint density at radius 1 is 1.21 bits per heavy atom. The summed E-state index contributed by atoms with van der Waals surface area (Å²) >= 11 is 0. The van der Waals surface area contributed by atoms with Gasteiger partial charge >= 0.3 is 0 Å². The van der Waals surface area contributed by atoms with Crippen LogP contribution in [-0.4, -0.2) is 77.1 Å². The number of aryl methyl sites for hydroxylation is 1. The third-order valence-electron chi connectivity index (χ3n) is 5.67. The fourth-order valence-electron chi connectivity index (χ4n) is 4.00. The van der Waals surface area contributed by atoms with Crippen LogP contribution in [-0.2, 0) is 11.2 Å². The van der Waals surface area contributed by atoms with Crippen molar-refractivity contribution in [2.75, 3.05) is 51.2 Å². The second-order valence-corrected chi connectivity index (χ2v) is 7.68. The highest BCUT2D eigenvalue weighted by molar-refractivity contribution is 5.79. The minimum Gasteiger partial charge on any atom is -0.353 e. The quantitative estimate of drug-likeness (QED) is 0.794. The Morgan fingerprint density at radius 3 is 2.68 bits per heavy atom. The molecule has 2 fully saturated rings. The van der Waals surface area contributed by atoms with Crippen molar-refractivity contribution in [3.8, 4) is 11.4 Å². The summed E-state index contributed by atoms with van der Waals surface area (Å²) in [5, 5.41) is 3.99. The number of carbonyl (C=O) groups excluding carboxylic acids is 1. The van der Waals surface area contributed by atoms with E-state index in [1.165, 1.54) is 0 Å². The van der Waals surface area contributed by atoms with Gasteiger partial charge in [-0.15, -0.1) is 0 Å². The lowest BCUT2D eigenvalue weighted by Gasteiger charge is -2.38. The summed E-state index contributed by atoms with van der Waals surface area (Å²) in [6.45, 7) is 7.10. The minimum absolute atomic E-state index is 0.158. The van der Waals surface area contributed by atoms with E-state index in [2.05, 4.69) is 32.0 Å². The van der Waals surface area contributed by atoms with Gasteiger partial charge in [0.1, 0.15) is 5.82 Å². The number of likely N-dealkylation sites (tertiary alicyclic amines) is 1. The maximum absolute atomic E-state index is 12.8. The standard InChI is InChI=1S/C20H28N6O2/c1-3-18-22-19(23-28-18)15-6-7-17(21-13-15)25-9-11-26(12-10-25)20(27)16-5-4-8-24(2)14-16/h6-7,13,16H,3-5,8-12,14H2,1-2H3. The van der Waals surface area contributed by atoms with Gasteiger partial charge in [0.2, 0.25) is 17.6 Å². The molecule has 2 aromatic heterocycles. The Bertz CT molecular complexity index is 797. The molecule has 0 aromatic carbocycles. The van der Waals surface area contributed by atoms with E-state index >= 15 is 0 Å². The smallest absolute Gasteiger partial charge is 0.227 e. The zero-order valence-electron chi connectivity index (χ0n) is 16.7. The summed E-state index contributed by atoms with van der Waals surface area (Å²) in [6.07, 6.45) is 4.64. The fraction of sp³-hybridized carbons (Fsp3) is 0.600. The maximum atomic E-state index is 12.8. The van der Waals surface area contributed by atoms with Gasteiger partial charge in [-0.1, -0.05) is 12.1 Å². The number of piperazine rings is 1. The predicted molar refractivity (Wildman–Crippen MR) is 106 cm³/mol. The van der Waals surface area contributed by atoms with Gasteiger partial charge in [-0.3, -0.25) is 4.79 Å². The average molecular weight is 384 g/mol. The molecule has 0 spiro atoms. The zero-order valence-corrected chi connectivity index (χ0v) is 16.7. The summed E-state index contributed by atoms with van der Waals surface area (Å²) in [5.74, 6) is 2.60. The van der Waals surface area contributed by atoms with E-state index in [9.17, 15) is 4.79 Å². The third-order valence-corrected chi connectivity index (χ3v) is 5.67. The molecule has 4 rings (SSSR count). The largest absolute Gasteiger partial charge is 0.353 e. The predicted octanol–water partition coefficient (Wildman–Crippen LogP) is 1.68. The first-order chi connectivity index (χ1) is 13.6. The molecule has 8 nitrogen and oxygen atoms in total. The molecule has 1 amide bonds. The van der Waals surface area contributed by atoms with E-state index < -0.39 is 0 Å². The van der Waals surface area contributed by atoms with Gasteiger partial charge in [0.25, 0.3) is 0 Å². The van der Waals surface area contributed by atoms with Crippen molar-refractivity contribution < 1.29 is 9.32 Å². The molecule has 0 aliphatic carbocycles. The summed E-state index contributed by atoms with van der Waals surface area (Å²) in [7, 11) is 2.10. The molecule has 0 bridgehead atoms. The number of pyridine rings is 1. The van der Waals surface area contributed by atoms with Crippen molar-refractivity contribution in [3.63, 3.8) is 0 Å². The van der Waals surface area contributed by atoms with Crippen molar-refractivity contribution in [2.45, 2.75) is 26.2 Å². The minimum atomic E-state index is 0.158. The van der Waals surface area contributed by atoms with Gasteiger partial charge in [-0.25, -0.2) is 4.98 Å². The van der Waals surface area contributed by atoms with Gasteiger partial charge in [-0.05, 0) is 38.6 Å².